The molecule has 1 aromatic rings. The summed E-state index contributed by atoms with van der Waals surface area (Å²) in [6.07, 6.45) is 0. The van der Waals surface area contributed by atoms with Gasteiger partial charge in [-0.1, -0.05) is 19.1 Å². The van der Waals surface area contributed by atoms with Crippen molar-refractivity contribution in [1.29, 1.82) is 0 Å². The van der Waals surface area contributed by atoms with E-state index in [-0.39, 0.29) is 35.8 Å². The van der Waals surface area contributed by atoms with Crippen LogP contribution in [0.15, 0.2) is 29.3 Å². The number of piperazine rings is 1. The van der Waals surface area contributed by atoms with E-state index in [0.29, 0.717) is 12.6 Å². The third-order valence-corrected chi connectivity index (χ3v) is 6.47. The lowest BCUT2D eigenvalue weighted by Gasteiger charge is -2.38. The first-order valence-corrected chi connectivity index (χ1v) is 11.6. The lowest BCUT2D eigenvalue weighted by atomic mass is 10.0. The molecule has 2 aliphatic rings. The van der Waals surface area contributed by atoms with Crippen molar-refractivity contribution in [1.82, 2.24) is 25.3 Å². The maximum atomic E-state index is 13.4. The molecule has 0 aromatic heterocycles. The molecule has 0 spiro atoms. The number of likely N-dealkylation sites (N-methyl/N-ethyl adjacent to an activating group) is 1. The van der Waals surface area contributed by atoms with Crippen LogP contribution in [0.1, 0.15) is 25.5 Å². The molecule has 2 heterocycles. The number of benzene rings is 1. The maximum Gasteiger partial charge on any atom is 0.191 e. The topological polar surface area (TPSA) is 55.4 Å². The summed E-state index contributed by atoms with van der Waals surface area (Å²) in [6, 6.07) is 7.43. The first-order chi connectivity index (χ1) is 15.1. The SMILES string of the molecule is CCN1CCN(C(C)CNC(=NC)NCC(c2ccc(F)cc2)N2CCOCC2)CC1.I. The highest BCUT2D eigenvalue weighted by atomic mass is 127. The molecule has 3 rings (SSSR count). The Kier molecular flexibility index (Phi) is 12.2. The van der Waals surface area contributed by atoms with Crippen LogP contribution in [0.3, 0.4) is 0 Å². The lowest BCUT2D eigenvalue weighted by molar-refractivity contribution is 0.0170. The van der Waals surface area contributed by atoms with E-state index in [2.05, 4.69) is 44.2 Å². The van der Waals surface area contributed by atoms with Crippen LogP contribution >= 0.6 is 24.0 Å². The molecule has 2 aliphatic heterocycles. The Hall–Kier alpha value is -1.01. The number of aliphatic imine (C=N–C) groups is 1. The zero-order chi connectivity index (χ0) is 22.1. The van der Waals surface area contributed by atoms with E-state index in [4.69, 9.17) is 4.74 Å². The summed E-state index contributed by atoms with van der Waals surface area (Å²) in [6.45, 7) is 14.9. The predicted octanol–water partition coefficient (Wildman–Crippen LogP) is 2.01. The van der Waals surface area contributed by atoms with Gasteiger partial charge in [-0.2, -0.15) is 0 Å². The van der Waals surface area contributed by atoms with E-state index >= 15 is 0 Å². The first kappa shape index (κ1) is 27.2. The smallest absolute Gasteiger partial charge is 0.191 e. The molecule has 0 amide bonds. The van der Waals surface area contributed by atoms with Crippen LogP contribution < -0.4 is 10.6 Å². The van der Waals surface area contributed by atoms with Crippen LogP contribution in [0.5, 0.6) is 0 Å². The zero-order valence-electron chi connectivity index (χ0n) is 19.7. The number of nitrogens with zero attached hydrogens (tertiary/aromatic N) is 4. The summed E-state index contributed by atoms with van der Waals surface area (Å²) < 4.78 is 19.0. The second-order valence-electron chi connectivity index (χ2n) is 8.37. The van der Waals surface area contributed by atoms with Crippen LogP contribution in [-0.4, -0.2) is 106 Å². The van der Waals surface area contributed by atoms with Crippen LogP contribution in [0.4, 0.5) is 4.39 Å². The average molecular weight is 563 g/mol. The second-order valence-corrected chi connectivity index (χ2v) is 8.37. The molecule has 9 heteroatoms. The highest BCUT2D eigenvalue weighted by molar-refractivity contribution is 14.0. The van der Waals surface area contributed by atoms with Crippen LogP contribution in [0, 0.1) is 5.82 Å². The summed E-state index contributed by atoms with van der Waals surface area (Å²) in [5, 5.41) is 6.98. The third kappa shape index (κ3) is 8.09. The van der Waals surface area contributed by atoms with Crippen LogP contribution in [0.2, 0.25) is 0 Å². The molecule has 2 fully saturated rings. The van der Waals surface area contributed by atoms with Crippen molar-refractivity contribution in [2.45, 2.75) is 25.9 Å². The van der Waals surface area contributed by atoms with Gasteiger partial charge in [0, 0.05) is 65.4 Å². The van der Waals surface area contributed by atoms with Gasteiger partial charge in [0.05, 0.1) is 19.3 Å². The molecule has 0 radical (unpaired) electrons. The minimum absolute atomic E-state index is 0. The highest BCUT2D eigenvalue weighted by Crippen LogP contribution is 2.21. The molecule has 2 unspecified atom stereocenters. The number of guanidine groups is 1. The van der Waals surface area contributed by atoms with Gasteiger partial charge in [0.15, 0.2) is 5.96 Å². The maximum absolute atomic E-state index is 13.4. The fraction of sp³-hybridized carbons (Fsp3) is 0.696. The molecule has 0 aliphatic carbocycles. The van der Waals surface area contributed by atoms with Crippen molar-refractivity contribution in [3.63, 3.8) is 0 Å². The monoisotopic (exact) mass is 562 g/mol. The summed E-state index contributed by atoms with van der Waals surface area (Å²) in [5.74, 6) is 0.600. The Labute approximate surface area is 209 Å². The molecule has 7 nitrogen and oxygen atoms in total. The van der Waals surface area contributed by atoms with Gasteiger partial charge in [-0.15, -0.1) is 24.0 Å². The Morgan fingerprint density at radius 2 is 1.62 bits per heavy atom. The highest BCUT2D eigenvalue weighted by Gasteiger charge is 2.24. The second kappa shape index (κ2) is 14.3. The summed E-state index contributed by atoms with van der Waals surface area (Å²) in [5.41, 5.74) is 1.11. The molecular weight excluding hydrogens is 522 g/mol. The molecule has 32 heavy (non-hydrogen) atoms. The normalized spacial score (nSPS) is 20.9. The van der Waals surface area contributed by atoms with E-state index < -0.39 is 0 Å². The minimum Gasteiger partial charge on any atom is -0.379 e. The van der Waals surface area contributed by atoms with Gasteiger partial charge in [0.2, 0.25) is 0 Å². The van der Waals surface area contributed by atoms with Crippen molar-refractivity contribution in [2.75, 3.05) is 79.2 Å². The van der Waals surface area contributed by atoms with Crippen molar-refractivity contribution in [2.24, 2.45) is 4.99 Å². The minimum atomic E-state index is -0.205. The van der Waals surface area contributed by atoms with E-state index in [1.54, 1.807) is 0 Å². The summed E-state index contributed by atoms with van der Waals surface area (Å²) >= 11 is 0. The van der Waals surface area contributed by atoms with E-state index in [1.807, 2.05) is 19.2 Å². The molecule has 0 saturated carbocycles. The first-order valence-electron chi connectivity index (χ1n) is 11.6. The Morgan fingerprint density at radius 1 is 1.00 bits per heavy atom. The third-order valence-electron chi connectivity index (χ3n) is 6.47. The van der Waals surface area contributed by atoms with Crippen LogP contribution in [0.25, 0.3) is 0 Å². The number of morpholine rings is 1. The van der Waals surface area contributed by atoms with Crippen LogP contribution in [-0.2, 0) is 4.74 Å². The molecule has 2 N–H and O–H groups in total. The Bertz CT molecular complexity index is 678. The fourth-order valence-electron chi connectivity index (χ4n) is 4.34. The average Bonchev–Trinajstić information content (AvgIpc) is 2.82. The van der Waals surface area contributed by atoms with Gasteiger partial charge < -0.3 is 20.3 Å². The number of hydrogen-bond donors (Lipinski definition) is 2. The lowest BCUT2D eigenvalue weighted by Crippen LogP contribution is -2.53. The number of nitrogens with one attached hydrogen (secondary N) is 2. The zero-order valence-corrected chi connectivity index (χ0v) is 22.1. The summed E-state index contributed by atoms with van der Waals surface area (Å²) in [7, 11) is 1.81. The summed E-state index contributed by atoms with van der Waals surface area (Å²) in [4.78, 5) is 11.9. The number of ether oxygens (including phenoxy) is 1. The van der Waals surface area contributed by atoms with Crippen molar-refractivity contribution < 1.29 is 9.13 Å². The van der Waals surface area contributed by atoms with Crippen molar-refractivity contribution in [3.05, 3.63) is 35.6 Å². The van der Waals surface area contributed by atoms with Gasteiger partial charge in [-0.25, -0.2) is 4.39 Å². The molecule has 1 aromatic carbocycles. The van der Waals surface area contributed by atoms with Gasteiger partial charge in [0.1, 0.15) is 5.82 Å². The number of halogens is 2. The molecule has 182 valence electrons. The van der Waals surface area contributed by atoms with E-state index in [1.165, 1.54) is 12.1 Å². The largest absolute Gasteiger partial charge is 0.379 e. The van der Waals surface area contributed by atoms with Crippen molar-refractivity contribution >= 4 is 29.9 Å². The van der Waals surface area contributed by atoms with Gasteiger partial charge in [0.25, 0.3) is 0 Å². The van der Waals surface area contributed by atoms with Gasteiger partial charge >= 0.3 is 0 Å². The molecule has 2 saturated heterocycles. The molecule has 2 atom stereocenters. The Morgan fingerprint density at radius 3 is 2.22 bits per heavy atom. The predicted molar refractivity (Wildman–Crippen MR) is 139 cm³/mol. The quantitative estimate of drug-likeness (QED) is 0.288. The van der Waals surface area contributed by atoms with Gasteiger partial charge in [-0.3, -0.25) is 14.8 Å². The molecular formula is C23H40FIN6O. The number of hydrogen-bond acceptors (Lipinski definition) is 5. The fourth-order valence-corrected chi connectivity index (χ4v) is 4.34. The number of rotatable bonds is 8. The molecule has 0 bridgehead atoms. The Balaban J connectivity index is 0.00000363. The van der Waals surface area contributed by atoms with Gasteiger partial charge in [-0.05, 0) is 31.2 Å². The van der Waals surface area contributed by atoms with E-state index in [0.717, 1.165) is 77.1 Å². The van der Waals surface area contributed by atoms with Crippen molar-refractivity contribution in [3.8, 4) is 0 Å². The van der Waals surface area contributed by atoms with E-state index in [9.17, 15) is 4.39 Å². The standard InChI is InChI=1S/C23H39FN6O.HI/c1-4-28-9-11-29(12-10-28)19(2)17-26-23(25-3)27-18-22(30-13-15-31-16-14-30)20-5-7-21(24)8-6-20;/h5-8,19,22H,4,9-18H2,1-3H3,(H2,25,26,27);1H.